The molecule has 0 radical (unpaired) electrons. The quantitative estimate of drug-likeness (QED) is 0.712. The molecule has 1 rings (SSSR count). The van der Waals surface area contributed by atoms with Crippen molar-refractivity contribution in [1.82, 2.24) is 0 Å². The average Bonchev–Trinajstić information content (AvgIpc) is 2.50. The van der Waals surface area contributed by atoms with E-state index in [9.17, 15) is 0 Å². The molecule has 3 heteroatoms. The molecule has 2 atom stereocenters. The van der Waals surface area contributed by atoms with E-state index >= 15 is 0 Å². The lowest BCUT2D eigenvalue weighted by atomic mass is 10.1. The van der Waals surface area contributed by atoms with Crippen molar-refractivity contribution in [3.05, 3.63) is 23.7 Å². The third-order valence-electron chi connectivity index (χ3n) is 1.93. The Morgan fingerprint density at radius 3 is 2.50 bits per heavy atom. The molecule has 0 aliphatic heterocycles. The van der Waals surface area contributed by atoms with E-state index in [1.165, 1.54) is 0 Å². The van der Waals surface area contributed by atoms with Gasteiger partial charge in [-0.05, 0) is 19.1 Å². The summed E-state index contributed by atoms with van der Waals surface area (Å²) in [5, 5.41) is 0. The molecule has 0 spiro atoms. The van der Waals surface area contributed by atoms with Crippen molar-refractivity contribution in [3.8, 4) is 0 Å². The fourth-order valence-corrected chi connectivity index (χ4v) is 1.02. The molecule has 3 nitrogen and oxygen atoms in total. The lowest BCUT2D eigenvalue weighted by molar-refractivity contribution is 0.412. The fraction of sp³-hybridized carbons (Fsp3) is 0.556. The molecular formula is C9H16N2O. The summed E-state index contributed by atoms with van der Waals surface area (Å²) >= 11 is 0. The third-order valence-corrected chi connectivity index (χ3v) is 1.93. The van der Waals surface area contributed by atoms with Crippen LogP contribution in [0.3, 0.4) is 0 Å². The van der Waals surface area contributed by atoms with E-state index in [0.717, 1.165) is 17.9 Å². The number of rotatable bonds is 3. The van der Waals surface area contributed by atoms with Crippen LogP contribution in [-0.2, 0) is 6.42 Å². The summed E-state index contributed by atoms with van der Waals surface area (Å²) < 4.78 is 5.45. The maximum absolute atomic E-state index is 5.79. The second kappa shape index (κ2) is 3.74. The summed E-state index contributed by atoms with van der Waals surface area (Å²) in [5.74, 6) is 1.74. The summed E-state index contributed by atoms with van der Waals surface area (Å²) in [6, 6.07) is 3.58. The van der Waals surface area contributed by atoms with Crippen LogP contribution in [0.2, 0.25) is 0 Å². The summed E-state index contributed by atoms with van der Waals surface area (Å²) in [4.78, 5) is 0. The van der Waals surface area contributed by atoms with Crippen LogP contribution in [0, 0.1) is 0 Å². The van der Waals surface area contributed by atoms with Crippen LogP contribution in [-0.4, -0.2) is 6.04 Å². The molecule has 0 saturated heterocycles. The predicted octanol–water partition coefficient (Wildman–Crippen LogP) is 1.19. The Balaban J connectivity index is 2.74. The molecule has 4 N–H and O–H groups in total. The highest BCUT2D eigenvalue weighted by molar-refractivity contribution is 5.11. The summed E-state index contributed by atoms with van der Waals surface area (Å²) in [6.07, 6.45) is 0.895. The zero-order chi connectivity index (χ0) is 9.14. The van der Waals surface area contributed by atoms with Gasteiger partial charge in [0.25, 0.3) is 0 Å². The topological polar surface area (TPSA) is 65.2 Å². The van der Waals surface area contributed by atoms with Gasteiger partial charge < -0.3 is 15.9 Å². The van der Waals surface area contributed by atoms with E-state index in [4.69, 9.17) is 15.9 Å². The number of hydrogen-bond acceptors (Lipinski definition) is 3. The molecule has 0 fully saturated rings. The SMILES string of the molecule is CCc1ccc([C@H](N)[C@H](C)N)o1. The first-order valence-corrected chi connectivity index (χ1v) is 4.25. The summed E-state index contributed by atoms with van der Waals surface area (Å²) in [6.45, 7) is 3.92. The minimum Gasteiger partial charge on any atom is -0.464 e. The minimum atomic E-state index is -0.190. The van der Waals surface area contributed by atoms with Crippen LogP contribution in [0.1, 0.15) is 31.4 Å². The van der Waals surface area contributed by atoms with Gasteiger partial charge in [-0.1, -0.05) is 6.92 Å². The largest absolute Gasteiger partial charge is 0.464 e. The predicted molar refractivity (Wildman–Crippen MR) is 48.7 cm³/mol. The van der Waals surface area contributed by atoms with Crippen molar-refractivity contribution in [2.75, 3.05) is 0 Å². The standard InChI is InChI=1S/C9H16N2O/c1-3-7-4-5-8(12-7)9(11)6(2)10/h4-6,9H,3,10-11H2,1-2H3/t6-,9+/m0/s1. The summed E-state index contributed by atoms with van der Waals surface area (Å²) in [7, 11) is 0. The van der Waals surface area contributed by atoms with Crippen LogP contribution < -0.4 is 11.5 Å². The molecule has 0 aromatic carbocycles. The van der Waals surface area contributed by atoms with Crippen molar-refractivity contribution in [2.45, 2.75) is 32.4 Å². The number of aryl methyl sites for hydroxylation is 1. The maximum atomic E-state index is 5.79. The second-order valence-corrected chi connectivity index (χ2v) is 3.04. The van der Waals surface area contributed by atoms with Crippen molar-refractivity contribution in [3.63, 3.8) is 0 Å². The van der Waals surface area contributed by atoms with Crippen LogP contribution in [0.5, 0.6) is 0 Å². The first kappa shape index (κ1) is 9.29. The molecule has 12 heavy (non-hydrogen) atoms. The van der Waals surface area contributed by atoms with Crippen LogP contribution >= 0.6 is 0 Å². The zero-order valence-electron chi connectivity index (χ0n) is 7.58. The Labute approximate surface area is 72.7 Å². The first-order valence-electron chi connectivity index (χ1n) is 4.25. The van der Waals surface area contributed by atoms with Crippen molar-refractivity contribution in [1.29, 1.82) is 0 Å². The molecule has 68 valence electrons. The Morgan fingerprint density at radius 1 is 1.42 bits per heavy atom. The van der Waals surface area contributed by atoms with Gasteiger partial charge in [0.05, 0.1) is 6.04 Å². The molecule has 1 aromatic rings. The first-order chi connectivity index (χ1) is 5.65. The lowest BCUT2D eigenvalue weighted by Crippen LogP contribution is -2.30. The van der Waals surface area contributed by atoms with Crippen molar-refractivity contribution < 1.29 is 4.42 Å². The highest BCUT2D eigenvalue weighted by atomic mass is 16.3. The molecule has 0 bridgehead atoms. The Kier molecular flexibility index (Phi) is 2.89. The highest BCUT2D eigenvalue weighted by Gasteiger charge is 2.14. The lowest BCUT2D eigenvalue weighted by Gasteiger charge is -2.11. The van der Waals surface area contributed by atoms with Crippen LogP contribution in [0.15, 0.2) is 16.5 Å². The van der Waals surface area contributed by atoms with Crippen molar-refractivity contribution >= 4 is 0 Å². The Morgan fingerprint density at radius 2 is 2.08 bits per heavy atom. The van der Waals surface area contributed by atoms with Crippen LogP contribution in [0.4, 0.5) is 0 Å². The monoisotopic (exact) mass is 168 g/mol. The maximum Gasteiger partial charge on any atom is 0.122 e. The van der Waals surface area contributed by atoms with Gasteiger partial charge in [0.1, 0.15) is 11.5 Å². The fourth-order valence-electron chi connectivity index (χ4n) is 1.02. The molecule has 0 amide bonds. The van der Waals surface area contributed by atoms with E-state index in [0.29, 0.717) is 0 Å². The van der Waals surface area contributed by atoms with E-state index in [2.05, 4.69) is 0 Å². The van der Waals surface area contributed by atoms with Gasteiger partial charge in [-0.15, -0.1) is 0 Å². The van der Waals surface area contributed by atoms with Gasteiger partial charge in [-0.25, -0.2) is 0 Å². The van der Waals surface area contributed by atoms with Crippen molar-refractivity contribution in [2.24, 2.45) is 11.5 Å². The molecule has 0 aliphatic carbocycles. The molecule has 1 heterocycles. The van der Waals surface area contributed by atoms with Gasteiger partial charge in [-0.3, -0.25) is 0 Å². The number of nitrogens with two attached hydrogens (primary N) is 2. The normalized spacial score (nSPS) is 16.0. The van der Waals surface area contributed by atoms with Gasteiger partial charge in [0.15, 0.2) is 0 Å². The zero-order valence-corrected chi connectivity index (χ0v) is 7.58. The van der Waals surface area contributed by atoms with E-state index in [1.807, 2.05) is 26.0 Å². The van der Waals surface area contributed by atoms with Gasteiger partial charge in [-0.2, -0.15) is 0 Å². The van der Waals surface area contributed by atoms with E-state index in [-0.39, 0.29) is 12.1 Å². The van der Waals surface area contributed by atoms with Gasteiger partial charge >= 0.3 is 0 Å². The minimum absolute atomic E-state index is 0.0687. The highest BCUT2D eigenvalue weighted by Crippen LogP contribution is 2.16. The Hall–Kier alpha value is -0.800. The van der Waals surface area contributed by atoms with Crippen LogP contribution in [0.25, 0.3) is 0 Å². The van der Waals surface area contributed by atoms with E-state index in [1.54, 1.807) is 0 Å². The second-order valence-electron chi connectivity index (χ2n) is 3.04. The van der Waals surface area contributed by atoms with E-state index < -0.39 is 0 Å². The molecule has 1 aromatic heterocycles. The Bertz CT molecular complexity index is 242. The molecule has 0 aliphatic rings. The average molecular weight is 168 g/mol. The molecule has 0 unspecified atom stereocenters. The molecule has 0 saturated carbocycles. The molecular weight excluding hydrogens is 152 g/mol. The summed E-state index contributed by atoms with van der Waals surface area (Å²) in [5.41, 5.74) is 11.4. The smallest absolute Gasteiger partial charge is 0.122 e. The third kappa shape index (κ3) is 1.87. The van der Waals surface area contributed by atoms with Gasteiger partial charge in [0.2, 0.25) is 0 Å². The number of hydrogen-bond donors (Lipinski definition) is 2. The van der Waals surface area contributed by atoms with Gasteiger partial charge in [0, 0.05) is 12.5 Å². The number of furan rings is 1.